The predicted molar refractivity (Wildman–Crippen MR) is 85.0 cm³/mol. The van der Waals surface area contributed by atoms with Crippen molar-refractivity contribution < 1.29 is 24.3 Å². The van der Waals surface area contributed by atoms with E-state index >= 15 is 0 Å². The Kier molecular flexibility index (Phi) is 6.16. The maximum Gasteiger partial charge on any atom is 0.312 e. The molecule has 24 heavy (non-hydrogen) atoms. The van der Waals surface area contributed by atoms with Crippen LogP contribution in [0.5, 0.6) is 0 Å². The number of hydrogen-bond acceptors (Lipinski definition) is 4. The van der Waals surface area contributed by atoms with E-state index in [9.17, 15) is 19.2 Å². The first-order valence-corrected chi connectivity index (χ1v) is 8.50. The fourth-order valence-corrected chi connectivity index (χ4v) is 3.29. The summed E-state index contributed by atoms with van der Waals surface area (Å²) in [5.74, 6) is -1.96. The Balaban J connectivity index is 1.86. The third kappa shape index (κ3) is 4.46. The van der Waals surface area contributed by atoms with E-state index in [2.05, 4.69) is 0 Å². The summed E-state index contributed by atoms with van der Waals surface area (Å²) >= 11 is 0. The maximum absolute atomic E-state index is 12.4. The van der Waals surface area contributed by atoms with E-state index in [1.54, 1.807) is 4.90 Å². The number of carboxylic acid groups (broad SMARTS) is 1. The highest BCUT2D eigenvalue weighted by Gasteiger charge is 2.34. The Bertz CT molecular complexity index is 522. The van der Waals surface area contributed by atoms with E-state index in [0.717, 1.165) is 12.8 Å². The van der Waals surface area contributed by atoms with E-state index in [1.165, 1.54) is 9.80 Å². The molecule has 2 fully saturated rings. The van der Waals surface area contributed by atoms with Crippen molar-refractivity contribution in [1.82, 2.24) is 14.7 Å². The Morgan fingerprint density at radius 2 is 1.79 bits per heavy atom. The van der Waals surface area contributed by atoms with Gasteiger partial charge in [0.25, 0.3) is 0 Å². The number of likely N-dealkylation sites (N-methyl/N-ethyl adjacent to an activating group) is 1. The lowest BCUT2D eigenvalue weighted by Gasteiger charge is -2.36. The van der Waals surface area contributed by atoms with Crippen LogP contribution in [0, 0.1) is 5.92 Å². The van der Waals surface area contributed by atoms with Crippen molar-refractivity contribution in [2.45, 2.75) is 32.6 Å². The van der Waals surface area contributed by atoms with Gasteiger partial charge in [0.2, 0.25) is 5.91 Å². The van der Waals surface area contributed by atoms with Gasteiger partial charge in [-0.05, 0) is 32.1 Å². The van der Waals surface area contributed by atoms with Crippen LogP contribution < -0.4 is 0 Å². The van der Waals surface area contributed by atoms with Crippen LogP contribution in [0.15, 0.2) is 0 Å². The topological polar surface area (TPSA) is 98.2 Å². The number of nitrogens with zero attached hydrogens (tertiary/aromatic N) is 3. The Morgan fingerprint density at radius 3 is 2.46 bits per heavy atom. The molecule has 1 N–H and O–H groups in total. The molecular weight excluding hydrogens is 314 g/mol. The number of piperidine rings is 1. The molecule has 0 spiro atoms. The van der Waals surface area contributed by atoms with Crippen LogP contribution in [-0.4, -0.2) is 82.8 Å². The zero-order chi connectivity index (χ0) is 17.7. The minimum Gasteiger partial charge on any atom is -0.481 e. The van der Waals surface area contributed by atoms with Crippen LogP contribution in [-0.2, 0) is 19.2 Å². The number of carboxylic acids is 1. The summed E-state index contributed by atoms with van der Waals surface area (Å²) in [4.78, 5) is 51.5. The average Bonchev–Trinajstić information content (AvgIpc) is 2.57. The van der Waals surface area contributed by atoms with Crippen LogP contribution in [0.3, 0.4) is 0 Å². The van der Waals surface area contributed by atoms with Crippen LogP contribution >= 0.6 is 0 Å². The Hall–Kier alpha value is -2.12. The summed E-state index contributed by atoms with van der Waals surface area (Å²) in [5, 5.41) is 8.77. The predicted octanol–water partition coefficient (Wildman–Crippen LogP) is -0.219. The second-order valence-corrected chi connectivity index (χ2v) is 6.39. The van der Waals surface area contributed by atoms with Crippen molar-refractivity contribution >= 4 is 23.7 Å². The number of amides is 3. The maximum atomic E-state index is 12.4. The molecule has 2 aliphatic heterocycles. The average molecular weight is 339 g/mol. The van der Waals surface area contributed by atoms with E-state index in [1.807, 2.05) is 6.92 Å². The van der Waals surface area contributed by atoms with Gasteiger partial charge in [-0.25, -0.2) is 0 Å². The third-order valence-corrected chi connectivity index (χ3v) is 4.74. The monoisotopic (exact) mass is 339 g/mol. The molecule has 0 aromatic heterocycles. The smallest absolute Gasteiger partial charge is 0.312 e. The van der Waals surface area contributed by atoms with Gasteiger partial charge in [0.05, 0.1) is 0 Å². The van der Waals surface area contributed by atoms with Crippen molar-refractivity contribution in [2.75, 3.05) is 39.3 Å². The molecule has 1 unspecified atom stereocenters. The molecule has 2 saturated heterocycles. The van der Waals surface area contributed by atoms with Crippen molar-refractivity contribution in [1.29, 1.82) is 0 Å². The molecule has 0 saturated carbocycles. The highest BCUT2D eigenvalue weighted by atomic mass is 16.4. The second kappa shape index (κ2) is 8.12. The first-order valence-electron chi connectivity index (χ1n) is 8.50. The summed E-state index contributed by atoms with van der Waals surface area (Å²) in [6.07, 6.45) is 2.43. The Labute approximate surface area is 141 Å². The molecular formula is C16H25N3O5. The van der Waals surface area contributed by atoms with E-state index in [4.69, 9.17) is 5.11 Å². The fraction of sp³-hybridized carbons (Fsp3) is 0.750. The summed E-state index contributed by atoms with van der Waals surface area (Å²) in [6.45, 7) is 4.22. The van der Waals surface area contributed by atoms with Gasteiger partial charge in [0, 0.05) is 39.1 Å². The number of carbonyl (C=O) groups excluding carboxylic acids is 3. The second-order valence-electron chi connectivity index (χ2n) is 6.39. The highest BCUT2D eigenvalue weighted by molar-refractivity contribution is 6.35. The summed E-state index contributed by atoms with van der Waals surface area (Å²) in [7, 11) is 0. The molecule has 1 atom stereocenters. The summed E-state index contributed by atoms with van der Waals surface area (Å²) < 4.78 is 0. The molecule has 0 radical (unpaired) electrons. The highest BCUT2D eigenvalue weighted by Crippen LogP contribution is 2.21. The molecule has 2 aliphatic rings. The number of hydrogen-bond donors (Lipinski definition) is 1. The summed E-state index contributed by atoms with van der Waals surface area (Å²) in [5.41, 5.74) is 0. The van der Waals surface area contributed by atoms with Crippen molar-refractivity contribution in [3.63, 3.8) is 0 Å². The molecule has 0 aromatic rings. The summed E-state index contributed by atoms with van der Waals surface area (Å²) in [6, 6.07) is 0. The molecule has 0 bridgehead atoms. The van der Waals surface area contributed by atoms with Crippen LogP contribution in [0.25, 0.3) is 0 Å². The van der Waals surface area contributed by atoms with Gasteiger partial charge in [-0.1, -0.05) is 0 Å². The molecule has 134 valence electrons. The van der Waals surface area contributed by atoms with Crippen molar-refractivity contribution in [2.24, 2.45) is 5.92 Å². The molecule has 8 nitrogen and oxygen atoms in total. The van der Waals surface area contributed by atoms with Gasteiger partial charge in [0.1, 0.15) is 6.54 Å². The number of rotatable bonds is 6. The standard InChI is InChI=1S/C16H25N3O5/c1-2-17-8-9-19(16(24)15(17)23)11-13(20)18-7-3-4-12(10-18)5-6-14(21)22/h12H,2-11H2,1H3,(H,21,22). The van der Waals surface area contributed by atoms with Gasteiger partial charge in [0.15, 0.2) is 0 Å². The van der Waals surface area contributed by atoms with Gasteiger partial charge in [-0.3, -0.25) is 19.2 Å². The van der Waals surface area contributed by atoms with Crippen LogP contribution in [0.4, 0.5) is 0 Å². The van der Waals surface area contributed by atoms with Crippen LogP contribution in [0.1, 0.15) is 32.6 Å². The number of likely N-dealkylation sites (tertiary alicyclic amines) is 1. The van der Waals surface area contributed by atoms with Crippen molar-refractivity contribution in [3.8, 4) is 0 Å². The molecule has 2 heterocycles. The molecule has 0 aliphatic carbocycles. The quantitative estimate of drug-likeness (QED) is 0.675. The zero-order valence-corrected chi connectivity index (χ0v) is 14.1. The van der Waals surface area contributed by atoms with E-state index < -0.39 is 17.8 Å². The first-order chi connectivity index (χ1) is 11.4. The van der Waals surface area contributed by atoms with Gasteiger partial charge < -0.3 is 19.8 Å². The number of piperazine rings is 1. The molecule has 3 amide bonds. The minimum absolute atomic E-state index is 0.0756. The molecule has 2 rings (SSSR count). The lowest BCUT2D eigenvalue weighted by atomic mass is 9.93. The lowest BCUT2D eigenvalue weighted by molar-refractivity contribution is -0.157. The lowest BCUT2D eigenvalue weighted by Crippen LogP contribution is -2.56. The van der Waals surface area contributed by atoms with Gasteiger partial charge >= 0.3 is 17.8 Å². The van der Waals surface area contributed by atoms with E-state index in [0.29, 0.717) is 39.1 Å². The van der Waals surface area contributed by atoms with Gasteiger partial charge in [-0.2, -0.15) is 0 Å². The minimum atomic E-state index is -0.823. The number of aliphatic carboxylic acids is 1. The first kappa shape index (κ1) is 18.2. The number of carbonyl (C=O) groups is 4. The van der Waals surface area contributed by atoms with Crippen molar-refractivity contribution in [3.05, 3.63) is 0 Å². The largest absolute Gasteiger partial charge is 0.481 e. The SMILES string of the molecule is CCN1CCN(CC(=O)N2CCCC(CCC(=O)O)C2)C(=O)C1=O. The van der Waals surface area contributed by atoms with Gasteiger partial charge in [-0.15, -0.1) is 0 Å². The van der Waals surface area contributed by atoms with E-state index in [-0.39, 0.29) is 24.8 Å². The fourth-order valence-electron chi connectivity index (χ4n) is 3.29. The third-order valence-electron chi connectivity index (χ3n) is 4.74. The molecule has 8 heteroatoms. The molecule has 0 aromatic carbocycles. The Morgan fingerprint density at radius 1 is 1.12 bits per heavy atom. The van der Waals surface area contributed by atoms with Crippen LogP contribution in [0.2, 0.25) is 0 Å². The normalized spacial score (nSPS) is 22.0. The zero-order valence-electron chi connectivity index (χ0n) is 14.1.